The van der Waals surface area contributed by atoms with E-state index in [9.17, 15) is 9.59 Å². The molecule has 26 heavy (non-hydrogen) atoms. The number of piperidine rings is 3. The van der Waals surface area contributed by atoms with Gasteiger partial charge in [0.25, 0.3) is 11.5 Å². The highest BCUT2D eigenvalue weighted by Gasteiger charge is 2.35. The molecule has 1 N–H and O–H groups in total. The number of hydrogen-bond acceptors (Lipinski definition) is 3. The van der Waals surface area contributed by atoms with Crippen LogP contribution in [-0.4, -0.2) is 41.1 Å². The smallest absolute Gasteiger partial charge is 0.255 e. The van der Waals surface area contributed by atoms with Crippen molar-refractivity contribution in [3.8, 4) is 5.69 Å². The van der Waals surface area contributed by atoms with Crippen molar-refractivity contribution in [2.75, 3.05) is 19.6 Å². The van der Waals surface area contributed by atoms with E-state index in [1.54, 1.807) is 18.3 Å². The Morgan fingerprint density at radius 1 is 1.19 bits per heavy atom. The minimum atomic E-state index is -0.211. The summed E-state index contributed by atoms with van der Waals surface area (Å²) in [6.45, 7) is 5.12. The van der Waals surface area contributed by atoms with Crippen molar-refractivity contribution in [2.24, 2.45) is 5.92 Å². The maximum atomic E-state index is 12.8. The van der Waals surface area contributed by atoms with Gasteiger partial charge in [-0.15, -0.1) is 0 Å². The molecule has 0 aliphatic carbocycles. The number of rotatable bonds is 3. The normalized spacial score (nSPS) is 24.5. The quantitative estimate of drug-likeness (QED) is 0.902. The van der Waals surface area contributed by atoms with Gasteiger partial charge in [0.1, 0.15) is 0 Å². The summed E-state index contributed by atoms with van der Waals surface area (Å²) >= 11 is 6.27. The molecule has 5 nitrogen and oxygen atoms in total. The lowest BCUT2D eigenvalue weighted by Gasteiger charge is -2.44. The van der Waals surface area contributed by atoms with Crippen molar-refractivity contribution in [1.82, 2.24) is 14.8 Å². The largest absolute Gasteiger partial charge is 0.348 e. The van der Waals surface area contributed by atoms with Crippen LogP contribution in [0.4, 0.5) is 0 Å². The molecule has 3 aliphatic rings. The lowest BCUT2D eigenvalue weighted by molar-refractivity contribution is 0.0620. The van der Waals surface area contributed by atoms with Crippen molar-refractivity contribution < 1.29 is 4.79 Å². The van der Waals surface area contributed by atoms with Crippen LogP contribution in [0.25, 0.3) is 5.69 Å². The monoisotopic (exact) mass is 371 g/mol. The van der Waals surface area contributed by atoms with Crippen LogP contribution in [0.3, 0.4) is 0 Å². The predicted octanol–water partition coefficient (Wildman–Crippen LogP) is 2.62. The number of pyridine rings is 1. The first-order chi connectivity index (χ1) is 12.5. The first-order valence-corrected chi connectivity index (χ1v) is 9.41. The van der Waals surface area contributed by atoms with E-state index in [0.717, 1.165) is 38.0 Å². The van der Waals surface area contributed by atoms with Crippen LogP contribution < -0.4 is 10.9 Å². The molecule has 1 atom stereocenters. The molecule has 2 bridgehead atoms. The van der Waals surface area contributed by atoms with Crippen LogP contribution in [0.1, 0.15) is 28.8 Å². The molecule has 3 aliphatic heterocycles. The third-order valence-electron chi connectivity index (χ3n) is 5.51. The molecule has 1 aromatic heterocycles. The third kappa shape index (κ3) is 3.29. The zero-order valence-electron chi connectivity index (χ0n) is 14.7. The Kier molecular flexibility index (Phi) is 4.59. The van der Waals surface area contributed by atoms with E-state index in [-0.39, 0.29) is 17.5 Å². The number of nitrogens with one attached hydrogen (secondary N) is 1. The lowest BCUT2D eigenvalue weighted by atomic mass is 9.84. The van der Waals surface area contributed by atoms with Crippen LogP contribution in [0.2, 0.25) is 5.02 Å². The van der Waals surface area contributed by atoms with E-state index in [4.69, 9.17) is 11.6 Å². The molecule has 3 saturated heterocycles. The Balaban J connectivity index is 1.60. The van der Waals surface area contributed by atoms with Crippen LogP contribution in [0.5, 0.6) is 0 Å². The van der Waals surface area contributed by atoms with Gasteiger partial charge in [0, 0.05) is 24.8 Å². The van der Waals surface area contributed by atoms with E-state index in [2.05, 4.69) is 10.2 Å². The van der Waals surface area contributed by atoms with Gasteiger partial charge < -0.3 is 10.2 Å². The van der Waals surface area contributed by atoms with Gasteiger partial charge in [0.05, 0.1) is 16.3 Å². The SMILES string of the molecule is Cc1ccc(Cl)c(-n2cc(C(=O)NC3CN4CCC3CC4)ccc2=O)c1. The molecule has 2 aromatic rings. The maximum Gasteiger partial charge on any atom is 0.255 e. The number of hydrogen-bond donors (Lipinski definition) is 1. The number of fused-ring (bicyclic) bond motifs is 3. The molecule has 5 rings (SSSR count). The molecular weight excluding hydrogens is 350 g/mol. The van der Waals surface area contributed by atoms with Crippen molar-refractivity contribution in [1.29, 1.82) is 0 Å². The van der Waals surface area contributed by atoms with E-state index in [1.807, 2.05) is 19.1 Å². The Bertz CT molecular complexity index is 900. The predicted molar refractivity (Wildman–Crippen MR) is 102 cm³/mol. The summed E-state index contributed by atoms with van der Waals surface area (Å²) in [5.41, 5.74) is 1.85. The zero-order valence-corrected chi connectivity index (χ0v) is 15.5. The molecule has 1 amide bonds. The van der Waals surface area contributed by atoms with Gasteiger partial charge in [-0.1, -0.05) is 17.7 Å². The average molecular weight is 372 g/mol. The van der Waals surface area contributed by atoms with Crippen molar-refractivity contribution in [3.05, 3.63) is 63.0 Å². The second-order valence-electron chi connectivity index (χ2n) is 7.30. The standard InChI is InChI=1S/C20H22ClN3O2/c1-13-2-4-16(21)18(10-13)24-11-15(3-5-19(24)25)20(26)22-17-12-23-8-6-14(17)7-9-23/h2-5,10-11,14,17H,6-9,12H2,1H3,(H,22,26). The number of nitrogens with zero attached hydrogens (tertiary/aromatic N) is 2. The van der Waals surface area contributed by atoms with Crippen molar-refractivity contribution >= 4 is 17.5 Å². The molecular formula is C20H22ClN3O2. The minimum absolute atomic E-state index is 0.138. The van der Waals surface area contributed by atoms with Gasteiger partial charge in [0.2, 0.25) is 0 Å². The molecule has 1 aromatic carbocycles. The fourth-order valence-corrected chi connectivity index (χ4v) is 4.21. The van der Waals surface area contributed by atoms with Crippen LogP contribution in [-0.2, 0) is 0 Å². The molecule has 136 valence electrons. The molecule has 3 fully saturated rings. The lowest BCUT2D eigenvalue weighted by Crippen LogP contribution is -2.57. The summed E-state index contributed by atoms with van der Waals surface area (Å²) in [5, 5.41) is 3.64. The Labute approximate surface area is 157 Å². The number of aryl methyl sites for hydroxylation is 1. The number of amides is 1. The number of halogens is 1. The molecule has 0 saturated carbocycles. The number of carbonyl (C=O) groups is 1. The Morgan fingerprint density at radius 2 is 1.96 bits per heavy atom. The van der Waals surface area contributed by atoms with Gasteiger partial charge in [-0.25, -0.2) is 0 Å². The summed E-state index contributed by atoms with van der Waals surface area (Å²) in [6, 6.07) is 8.69. The van der Waals surface area contributed by atoms with Gasteiger partial charge in [-0.2, -0.15) is 0 Å². The third-order valence-corrected chi connectivity index (χ3v) is 5.83. The van der Waals surface area contributed by atoms with E-state index < -0.39 is 0 Å². The van der Waals surface area contributed by atoms with Crippen molar-refractivity contribution in [3.63, 3.8) is 0 Å². The number of benzene rings is 1. The van der Waals surface area contributed by atoms with Crippen LogP contribution >= 0.6 is 11.6 Å². The number of carbonyl (C=O) groups excluding carboxylic acids is 1. The number of aromatic nitrogens is 1. The fourth-order valence-electron chi connectivity index (χ4n) is 4.00. The van der Waals surface area contributed by atoms with Gasteiger partial charge >= 0.3 is 0 Å². The summed E-state index contributed by atoms with van der Waals surface area (Å²) < 4.78 is 1.45. The molecule has 4 heterocycles. The summed E-state index contributed by atoms with van der Waals surface area (Å²) in [6.07, 6.45) is 3.87. The first kappa shape index (κ1) is 17.3. The van der Waals surface area contributed by atoms with E-state index in [0.29, 0.717) is 22.2 Å². The molecule has 0 spiro atoms. The Hall–Kier alpha value is -2.11. The van der Waals surface area contributed by atoms with Crippen molar-refractivity contribution in [2.45, 2.75) is 25.8 Å². The Morgan fingerprint density at radius 3 is 2.65 bits per heavy atom. The summed E-state index contributed by atoms with van der Waals surface area (Å²) in [5.74, 6) is 0.419. The van der Waals surface area contributed by atoms with Gasteiger partial charge in [0.15, 0.2) is 0 Å². The van der Waals surface area contributed by atoms with E-state index in [1.165, 1.54) is 10.6 Å². The maximum absolute atomic E-state index is 12.8. The minimum Gasteiger partial charge on any atom is -0.348 e. The second kappa shape index (κ2) is 6.89. The highest BCUT2D eigenvalue weighted by Crippen LogP contribution is 2.27. The first-order valence-electron chi connectivity index (χ1n) is 9.04. The van der Waals surface area contributed by atoms with Gasteiger partial charge in [-0.05, 0) is 62.5 Å². The van der Waals surface area contributed by atoms with Crippen LogP contribution in [0.15, 0.2) is 41.3 Å². The molecule has 6 heteroatoms. The van der Waals surface area contributed by atoms with Gasteiger partial charge in [-0.3, -0.25) is 14.2 Å². The molecule has 1 unspecified atom stereocenters. The highest BCUT2D eigenvalue weighted by atomic mass is 35.5. The average Bonchev–Trinajstić information content (AvgIpc) is 2.65. The second-order valence-corrected chi connectivity index (χ2v) is 7.71. The summed E-state index contributed by atoms with van der Waals surface area (Å²) in [4.78, 5) is 27.5. The summed E-state index contributed by atoms with van der Waals surface area (Å²) in [7, 11) is 0. The van der Waals surface area contributed by atoms with Crippen LogP contribution in [0, 0.1) is 12.8 Å². The highest BCUT2D eigenvalue weighted by molar-refractivity contribution is 6.32. The topological polar surface area (TPSA) is 54.3 Å². The zero-order chi connectivity index (χ0) is 18.3. The fraction of sp³-hybridized carbons (Fsp3) is 0.400. The van der Waals surface area contributed by atoms with E-state index >= 15 is 0 Å². The molecule has 0 radical (unpaired) electrons.